The number of hydrogen-bond acceptors (Lipinski definition) is 6. The number of unbranched alkanes of at least 4 members (excludes halogenated alkanes) is 6. The first kappa shape index (κ1) is 52.2. The van der Waals surface area contributed by atoms with Gasteiger partial charge in [0.25, 0.3) is 0 Å². The standard InChI is InChI=1S/C48H77NO7/c1-6-8-10-12-14-16-18-20-21-22-23-24-25-26-27-29-31-33-35-37-39-47(51)56-44(42-54-41-40-45(48(52)53)49(3,4)5)43-55-46(50)38-36-34-32-30-28-19-17-15-13-11-9-7-2/h8-11,14-17,20-21,23-24,26-27,31,33,44-45H,6-7,12-13,18-19,22,25,28-30,32,34-43H2,1-5H3/p+1/b10-8+,11-9+,16-14+,17-15+,21-20+,24-23+,27-26+,33-31+. The quantitative estimate of drug-likeness (QED) is 0.0292. The van der Waals surface area contributed by atoms with Crippen molar-refractivity contribution in [1.82, 2.24) is 0 Å². The summed E-state index contributed by atoms with van der Waals surface area (Å²) in [6, 6.07) is -0.632. The third kappa shape index (κ3) is 35.9. The molecule has 0 aliphatic rings. The molecular formula is C48H78NO7+. The second kappa shape index (κ2) is 38.1. The minimum atomic E-state index is -0.891. The van der Waals surface area contributed by atoms with Crippen molar-refractivity contribution in [3.8, 4) is 0 Å². The summed E-state index contributed by atoms with van der Waals surface area (Å²) in [7, 11) is 5.48. The van der Waals surface area contributed by atoms with Crippen LogP contribution in [0.3, 0.4) is 0 Å². The zero-order valence-corrected chi connectivity index (χ0v) is 35.8. The molecule has 0 radical (unpaired) electrons. The zero-order chi connectivity index (χ0) is 41.4. The predicted molar refractivity (Wildman–Crippen MR) is 233 cm³/mol. The number of rotatable bonds is 36. The molecule has 0 saturated carbocycles. The minimum Gasteiger partial charge on any atom is -0.477 e. The number of carboxylic acid groups (broad SMARTS) is 1. The Labute approximate surface area is 341 Å². The lowest BCUT2D eigenvalue weighted by Crippen LogP contribution is -2.50. The fraction of sp³-hybridized carbons (Fsp3) is 0.604. The van der Waals surface area contributed by atoms with Crippen LogP contribution >= 0.6 is 0 Å². The Hall–Kier alpha value is -3.75. The highest BCUT2D eigenvalue weighted by Gasteiger charge is 2.31. The second-order valence-electron chi connectivity index (χ2n) is 14.8. The summed E-state index contributed by atoms with van der Waals surface area (Å²) in [6.07, 6.45) is 50.3. The number of carboxylic acids is 1. The first-order chi connectivity index (χ1) is 27.1. The van der Waals surface area contributed by atoms with Crippen LogP contribution in [0.2, 0.25) is 0 Å². The van der Waals surface area contributed by atoms with Gasteiger partial charge in [-0.05, 0) is 83.5 Å². The second-order valence-corrected chi connectivity index (χ2v) is 14.8. The molecule has 0 aromatic carbocycles. The molecule has 0 bridgehead atoms. The summed E-state index contributed by atoms with van der Waals surface area (Å²) >= 11 is 0. The molecule has 0 fully saturated rings. The van der Waals surface area contributed by atoms with Gasteiger partial charge >= 0.3 is 17.9 Å². The van der Waals surface area contributed by atoms with E-state index in [0.717, 1.165) is 96.3 Å². The number of carbonyl (C=O) groups is 3. The predicted octanol–water partition coefficient (Wildman–Crippen LogP) is 11.5. The van der Waals surface area contributed by atoms with Crippen LogP contribution in [0.5, 0.6) is 0 Å². The summed E-state index contributed by atoms with van der Waals surface area (Å²) < 4.78 is 17.2. The molecule has 0 saturated heterocycles. The van der Waals surface area contributed by atoms with Crippen molar-refractivity contribution in [3.63, 3.8) is 0 Å². The largest absolute Gasteiger partial charge is 0.477 e. The molecule has 1 N–H and O–H groups in total. The highest BCUT2D eigenvalue weighted by atomic mass is 16.6. The molecule has 56 heavy (non-hydrogen) atoms. The van der Waals surface area contributed by atoms with Crippen molar-refractivity contribution in [3.05, 3.63) is 97.2 Å². The van der Waals surface area contributed by atoms with E-state index in [9.17, 15) is 19.5 Å². The van der Waals surface area contributed by atoms with Gasteiger partial charge in [-0.3, -0.25) is 9.59 Å². The summed E-state index contributed by atoms with van der Waals surface area (Å²) in [5, 5.41) is 9.61. The van der Waals surface area contributed by atoms with E-state index in [0.29, 0.717) is 19.3 Å². The first-order valence-corrected chi connectivity index (χ1v) is 21.3. The number of hydrogen-bond donors (Lipinski definition) is 1. The number of aliphatic carboxylic acids is 1. The number of esters is 2. The lowest BCUT2D eigenvalue weighted by Gasteiger charge is -2.31. The van der Waals surface area contributed by atoms with Crippen LogP contribution in [0.15, 0.2) is 97.2 Å². The molecule has 0 aromatic heterocycles. The summed E-state index contributed by atoms with van der Waals surface area (Å²) in [5.41, 5.74) is 0. The van der Waals surface area contributed by atoms with Crippen LogP contribution in [0.4, 0.5) is 0 Å². The molecule has 316 valence electrons. The van der Waals surface area contributed by atoms with E-state index in [4.69, 9.17) is 14.2 Å². The molecule has 0 heterocycles. The average molecular weight is 781 g/mol. The van der Waals surface area contributed by atoms with Crippen molar-refractivity contribution in [2.24, 2.45) is 0 Å². The summed E-state index contributed by atoms with van der Waals surface area (Å²) in [5.74, 6) is -1.58. The maximum absolute atomic E-state index is 12.7. The highest BCUT2D eigenvalue weighted by Crippen LogP contribution is 2.12. The Morgan fingerprint density at radius 1 is 0.536 bits per heavy atom. The smallest absolute Gasteiger partial charge is 0.362 e. The lowest BCUT2D eigenvalue weighted by atomic mass is 10.1. The topological polar surface area (TPSA) is 99.1 Å². The Morgan fingerprint density at radius 3 is 1.45 bits per heavy atom. The number of nitrogens with zero attached hydrogens (tertiary/aromatic N) is 1. The molecule has 2 atom stereocenters. The minimum absolute atomic E-state index is 0.0268. The number of carbonyl (C=O) groups excluding carboxylic acids is 2. The molecule has 8 nitrogen and oxygen atoms in total. The number of ether oxygens (including phenoxy) is 3. The third-order valence-electron chi connectivity index (χ3n) is 8.73. The fourth-order valence-corrected chi connectivity index (χ4v) is 5.49. The fourth-order valence-electron chi connectivity index (χ4n) is 5.49. The van der Waals surface area contributed by atoms with Crippen molar-refractivity contribution in [2.75, 3.05) is 41.0 Å². The molecule has 0 amide bonds. The van der Waals surface area contributed by atoms with Gasteiger partial charge in [-0.1, -0.05) is 130 Å². The van der Waals surface area contributed by atoms with E-state index in [-0.39, 0.29) is 42.7 Å². The van der Waals surface area contributed by atoms with Gasteiger partial charge in [-0.2, -0.15) is 0 Å². The monoisotopic (exact) mass is 781 g/mol. The van der Waals surface area contributed by atoms with Gasteiger partial charge in [0.2, 0.25) is 0 Å². The van der Waals surface area contributed by atoms with Crippen LogP contribution in [-0.2, 0) is 28.6 Å². The molecule has 0 aliphatic carbocycles. The summed E-state index contributed by atoms with van der Waals surface area (Å²) in [6.45, 7) is 4.40. The van der Waals surface area contributed by atoms with E-state index >= 15 is 0 Å². The molecule has 0 aromatic rings. The maximum Gasteiger partial charge on any atom is 0.362 e. The number of likely N-dealkylation sites (N-methyl/N-ethyl adjacent to an activating group) is 1. The van der Waals surface area contributed by atoms with E-state index in [1.807, 2.05) is 21.1 Å². The van der Waals surface area contributed by atoms with E-state index in [2.05, 4.69) is 111 Å². The van der Waals surface area contributed by atoms with Gasteiger partial charge in [-0.25, -0.2) is 4.79 Å². The number of allylic oxidation sites excluding steroid dienone is 16. The van der Waals surface area contributed by atoms with Crippen LogP contribution in [0, 0.1) is 0 Å². The van der Waals surface area contributed by atoms with Gasteiger partial charge in [0.1, 0.15) is 6.61 Å². The first-order valence-electron chi connectivity index (χ1n) is 21.3. The van der Waals surface area contributed by atoms with Crippen LogP contribution < -0.4 is 0 Å². The SMILES string of the molecule is CC/C=C/C/C=C/C/C=C/C/C=C/C/C=C/C/C=C/CCCC(=O)OC(COCCC(C(=O)O)[N+](C)(C)C)COC(=O)CCCCCCC/C=C/C/C=C/CC. The van der Waals surface area contributed by atoms with Crippen LogP contribution in [0.25, 0.3) is 0 Å². The van der Waals surface area contributed by atoms with Crippen molar-refractivity contribution in [2.45, 2.75) is 148 Å². The third-order valence-corrected chi connectivity index (χ3v) is 8.73. The molecule has 8 heteroatoms. The van der Waals surface area contributed by atoms with Crippen molar-refractivity contribution in [1.29, 1.82) is 0 Å². The average Bonchev–Trinajstić information content (AvgIpc) is 3.15. The van der Waals surface area contributed by atoms with Gasteiger partial charge in [0, 0.05) is 19.3 Å². The molecular weight excluding hydrogens is 703 g/mol. The van der Waals surface area contributed by atoms with Gasteiger partial charge in [0.05, 0.1) is 34.4 Å². The van der Waals surface area contributed by atoms with E-state index < -0.39 is 18.1 Å². The maximum atomic E-state index is 12.7. The van der Waals surface area contributed by atoms with E-state index in [1.54, 1.807) is 0 Å². The lowest BCUT2D eigenvalue weighted by molar-refractivity contribution is -0.887. The van der Waals surface area contributed by atoms with Gasteiger partial charge < -0.3 is 23.8 Å². The van der Waals surface area contributed by atoms with Gasteiger partial charge in [0.15, 0.2) is 12.1 Å². The van der Waals surface area contributed by atoms with Crippen molar-refractivity contribution < 1.29 is 38.2 Å². The Morgan fingerprint density at radius 2 is 0.964 bits per heavy atom. The normalized spacial score (nSPS) is 13.9. The highest BCUT2D eigenvalue weighted by molar-refractivity contribution is 5.72. The summed E-state index contributed by atoms with van der Waals surface area (Å²) in [4.78, 5) is 36.9. The molecule has 0 aliphatic heterocycles. The zero-order valence-electron chi connectivity index (χ0n) is 35.8. The van der Waals surface area contributed by atoms with E-state index in [1.165, 1.54) is 0 Å². The molecule has 2 unspecified atom stereocenters. The van der Waals surface area contributed by atoms with Crippen molar-refractivity contribution >= 4 is 17.9 Å². The van der Waals surface area contributed by atoms with Gasteiger partial charge in [-0.15, -0.1) is 0 Å². The van der Waals surface area contributed by atoms with Crippen LogP contribution in [-0.4, -0.2) is 80.6 Å². The molecule has 0 spiro atoms. The Balaban J connectivity index is 4.51. The number of quaternary nitrogens is 1. The van der Waals surface area contributed by atoms with Crippen LogP contribution in [0.1, 0.15) is 136 Å². The Kier molecular flexibility index (Phi) is 35.6. The molecule has 0 rings (SSSR count). The Bertz CT molecular complexity index is 1230.